The molecule has 1 aromatic heterocycles. The number of carbonyl (C=O) groups excluding carboxylic acids is 2. The summed E-state index contributed by atoms with van der Waals surface area (Å²) < 4.78 is 17.4. The van der Waals surface area contributed by atoms with Crippen LogP contribution in [0.3, 0.4) is 0 Å². The molecule has 1 amide bonds. The molecule has 28 heavy (non-hydrogen) atoms. The van der Waals surface area contributed by atoms with E-state index in [1.807, 2.05) is 50.5 Å². The van der Waals surface area contributed by atoms with Gasteiger partial charge >= 0.3 is 12.1 Å². The van der Waals surface area contributed by atoms with Crippen molar-refractivity contribution in [1.29, 1.82) is 0 Å². The Morgan fingerprint density at radius 1 is 1.25 bits per heavy atom. The minimum absolute atomic E-state index is 0.265. The SMILES string of the molecule is COC(=O)c1cn(Cc2cccc(OCCNC(=O)OC(C)(C)C)c2C)cn1. The van der Waals surface area contributed by atoms with Gasteiger partial charge in [0.1, 0.15) is 18.0 Å². The minimum atomic E-state index is -0.531. The van der Waals surface area contributed by atoms with Crippen LogP contribution in [0, 0.1) is 6.92 Å². The Balaban J connectivity index is 1.91. The fourth-order valence-electron chi connectivity index (χ4n) is 2.47. The number of hydrogen-bond acceptors (Lipinski definition) is 6. The van der Waals surface area contributed by atoms with E-state index < -0.39 is 17.7 Å². The molecule has 1 heterocycles. The van der Waals surface area contributed by atoms with E-state index in [-0.39, 0.29) is 5.69 Å². The number of rotatable bonds is 7. The molecule has 1 aromatic carbocycles. The number of alkyl carbamates (subject to hydrolysis) is 1. The first kappa shape index (κ1) is 21.3. The molecule has 8 nitrogen and oxygen atoms in total. The number of imidazole rings is 1. The molecule has 0 aliphatic rings. The van der Waals surface area contributed by atoms with Crippen LogP contribution in [0.2, 0.25) is 0 Å². The lowest BCUT2D eigenvalue weighted by atomic mass is 10.1. The molecule has 2 aromatic rings. The van der Waals surface area contributed by atoms with Crippen LogP contribution in [-0.4, -0.2) is 47.5 Å². The predicted octanol–water partition coefficient (Wildman–Crippen LogP) is 2.93. The molecule has 2 rings (SSSR count). The van der Waals surface area contributed by atoms with E-state index in [9.17, 15) is 9.59 Å². The second kappa shape index (κ2) is 9.25. The van der Waals surface area contributed by atoms with Crippen LogP contribution in [0.1, 0.15) is 42.4 Å². The summed E-state index contributed by atoms with van der Waals surface area (Å²) in [6.07, 6.45) is 2.76. The lowest BCUT2D eigenvalue weighted by molar-refractivity contribution is 0.0519. The van der Waals surface area contributed by atoms with E-state index in [1.165, 1.54) is 7.11 Å². The first-order valence-electron chi connectivity index (χ1n) is 8.98. The molecule has 0 bridgehead atoms. The average molecular weight is 389 g/mol. The number of nitrogens with one attached hydrogen (secondary N) is 1. The minimum Gasteiger partial charge on any atom is -0.491 e. The van der Waals surface area contributed by atoms with Crippen LogP contribution < -0.4 is 10.1 Å². The van der Waals surface area contributed by atoms with Crippen LogP contribution in [0.4, 0.5) is 4.79 Å². The van der Waals surface area contributed by atoms with Gasteiger partial charge in [-0.1, -0.05) is 12.1 Å². The molecule has 1 N–H and O–H groups in total. The Morgan fingerprint density at radius 3 is 2.68 bits per heavy atom. The molecule has 0 unspecified atom stereocenters. The Bertz CT molecular complexity index is 823. The number of aromatic nitrogens is 2. The molecule has 0 aliphatic heterocycles. The van der Waals surface area contributed by atoms with Crippen LogP contribution in [-0.2, 0) is 16.0 Å². The van der Waals surface area contributed by atoms with Crippen LogP contribution in [0.15, 0.2) is 30.7 Å². The van der Waals surface area contributed by atoms with E-state index in [1.54, 1.807) is 12.5 Å². The van der Waals surface area contributed by atoms with Crippen molar-refractivity contribution in [3.63, 3.8) is 0 Å². The zero-order valence-electron chi connectivity index (χ0n) is 16.9. The lowest BCUT2D eigenvalue weighted by Gasteiger charge is -2.19. The quantitative estimate of drug-likeness (QED) is 0.578. The predicted molar refractivity (Wildman–Crippen MR) is 104 cm³/mol. The summed E-state index contributed by atoms with van der Waals surface area (Å²) in [7, 11) is 1.32. The Labute approximate surface area is 164 Å². The van der Waals surface area contributed by atoms with E-state index in [2.05, 4.69) is 15.0 Å². The third kappa shape index (κ3) is 6.29. The zero-order chi connectivity index (χ0) is 20.7. The highest BCUT2D eigenvalue weighted by Crippen LogP contribution is 2.22. The average Bonchev–Trinajstić information content (AvgIpc) is 3.08. The number of hydrogen-bond donors (Lipinski definition) is 1. The fraction of sp³-hybridized carbons (Fsp3) is 0.450. The summed E-state index contributed by atoms with van der Waals surface area (Å²) in [4.78, 5) is 27.2. The number of amides is 1. The maximum absolute atomic E-state index is 11.6. The molecule has 0 spiro atoms. The van der Waals surface area contributed by atoms with Gasteiger partial charge in [-0.25, -0.2) is 14.6 Å². The van der Waals surface area contributed by atoms with Crippen molar-refractivity contribution in [2.24, 2.45) is 0 Å². The van der Waals surface area contributed by atoms with Crippen molar-refractivity contribution in [1.82, 2.24) is 14.9 Å². The first-order chi connectivity index (χ1) is 13.2. The number of methoxy groups -OCH3 is 1. The Kier molecular flexibility index (Phi) is 7.03. The third-order valence-corrected chi connectivity index (χ3v) is 3.80. The summed E-state index contributed by atoms with van der Waals surface area (Å²) in [5, 5.41) is 2.66. The highest BCUT2D eigenvalue weighted by Gasteiger charge is 2.15. The molecule has 0 saturated carbocycles. The van der Waals surface area contributed by atoms with E-state index in [0.29, 0.717) is 19.7 Å². The van der Waals surface area contributed by atoms with Gasteiger partial charge in [0.05, 0.1) is 20.0 Å². The van der Waals surface area contributed by atoms with Crippen LogP contribution in [0.5, 0.6) is 5.75 Å². The van der Waals surface area contributed by atoms with E-state index in [0.717, 1.165) is 16.9 Å². The number of nitrogens with zero attached hydrogens (tertiary/aromatic N) is 2. The van der Waals surface area contributed by atoms with Crippen molar-refractivity contribution in [2.75, 3.05) is 20.3 Å². The fourth-order valence-corrected chi connectivity index (χ4v) is 2.47. The molecule has 0 radical (unpaired) electrons. The number of benzene rings is 1. The molecule has 0 saturated heterocycles. The highest BCUT2D eigenvalue weighted by atomic mass is 16.6. The van der Waals surface area contributed by atoms with Gasteiger partial charge in [-0.05, 0) is 44.9 Å². The van der Waals surface area contributed by atoms with Gasteiger partial charge in [-0.3, -0.25) is 0 Å². The maximum atomic E-state index is 11.6. The highest BCUT2D eigenvalue weighted by molar-refractivity contribution is 5.86. The monoisotopic (exact) mass is 389 g/mol. The summed E-state index contributed by atoms with van der Waals surface area (Å²) >= 11 is 0. The summed E-state index contributed by atoms with van der Waals surface area (Å²) in [6.45, 7) is 8.60. The Morgan fingerprint density at radius 2 is 2.00 bits per heavy atom. The zero-order valence-corrected chi connectivity index (χ0v) is 16.9. The summed E-state index contributed by atoms with van der Waals surface area (Å²) in [5.74, 6) is 0.266. The molecule has 0 aliphatic carbocycles. The maximum Gasteiger partial charge on any atom is 0.407 e. The van der Waals surface area contributed by atoms with E-state index in [4.69, 9.17) is 9.47 Å². The normalized spacial score (nSPS) is 11.0. The first-order valence-corrected chi connectivity index (χ1v) is 8.98. The molecular weight excluding hydrogens is 362 g/mol. The number of esters is 1. The number of carbonyl (C=O) groups is 2. The van der Waals surface area contributed by atoms with Crippen molar-refractivity contribution >= 4 is 12.1 Å². The van der Waals surface area contributed by atoms with Gasteiger partial charge < -0.3 is 24.1 Å². The molecule has 8 heteroatoms. The van der Waals surface area contributed by atoms with Crippen LogP contribution in [0.25, 0.3) is 0 Å². The van der Waals surface area contributed by atoms with Gasteiger partial charge in [0.15, 0.2) is 5.69 Å². The van der Waals surface area contributed by atoms with E-state index >= 15 is 0 Å². The second-order valence-corrected chi connectivity index (χ2v) is 7.24. The van der Waals surface area contributed by atoms with Gasteiger partial charge in [0.25, 0.3) is 0 Å². The summed E-state index contributed by atoms with van der Waals surface area (Å²) in [5.41, 5.74) is 1.75. The van der Waals surface area contributed by atoms with Gasteiger partial charge in [0, 0.05) is 12.7 Å². The topological polar surface area (TPSA) is 91.7 Å². The van der Waals surface area contributed by atoms with Crippen molar-refractivity contribution in [3.05, 3.63) is 47.5 Å². The van der Waals surface area contributed by atoms with Gasteiger partial charge in [-0.15, -0.1) is 0 Å². The Hall–Kier alpha value is -3.03. The molecular formula is C20H27N3O5. The molecule has 0 fully saturated rings. The second-order valence-electron chi connectivity index (χ2n) is 7.24. The standard InChI is InChI=1S/C20H27N3O5/c1-14-15(11-23-12-16(22-13-23)18(24)26-5)7-6-8-17(14)27-10-9-21-19(25)28-20(2,3)4/h6-8,12-13H,9-11H2,1-5H3,(H,21,25). The third-order valence-electron chi connectivity index (χ3n) is 3.80. The molecule has 152 valence electrons. The van der Waals surface area contributed by atoms with Gasteiger partial charge in [-0.2, -0.15) is 0 Å². The largest absolute Gasteiger partial charge is 0.491 e. The van der Waals surface area contributed by atoms with Crippen LogP contribution >= 0.6 is 0 Å². The lowest BCUT2D eigenvalue weighted by Crippen LogP contribution is -2.34. The summed E-state index contributed by atoms with van der Waals surface area (Å²) in [6, 6.07) is 5.76. The molecule has 0 atom stereocenters. The smallest absolute Gasteiger partial charge is 0.407 e. The van der Waals surface area contributed by atoms with Gasteiger partial charge in [0.2, 0.25) is 0 Å². The van der Waals surface area contributed by atoms with Crippen molar-refractivity contribution in [3.8, 4) is 5.75 Å². The van der Waals surface area contributed by atoms with Crippen molar-refractivity contribution in [2.45, 2.75) is 39.8 Å². The number of ether oxygens (including phenoxy) is 3. The van der Waals surface area contributed by atoms with Crippen molar-refractivity contribution < 1.29 is 23.8 Å².